The number of nitro groups is 1. The van der Waals surface area contributed by atoms with Gasteiger partial charge in [-0.2, -0.15) is 0 Å². The number of non-ortho nitro benzene ring substituents is 1. The molecule has 2 N–H and O–H groups in total. The minimum absolute atomic E-state index is 0.0144. The summed E-state index contributed by atoms with van der Waals surface area (Å²) < 4.78 is 5.59. The standard InChI is InChI=1S/C19H15N3O5S/c20-18(17-5-2-10-28-17)21-27-19(23)14-4-1-3-13(11-14)12-26-16-8-6-15(7-9-16)22(24)25/h1-11H,12H2,(H2,20,21). The van der Waals surface area contributed by atoms with Crippen LogP contribution in [-0.2, 0) is 11.4 Å². The van der Waals surface area contributed by atoms with Crippen LogP contribution in [0.1, 0.15) is 20.8 Å². The maximum absolute atomic E-state index is 12.2. The van der Waals surface area contributed by atoms with Gasteiger partial charge in [0, 0.05) is 12.1 Å². The normalized spacial score (nSPS) is 11.1. The van der Waals surface area contributed by atoms with Gasteiger partial charge in [-0.1, -0.05) is 23.4 Å². The summed E-state index contributed by atoms with van der Waals surface area (Å²) in [6.07, 6.45) is 0. The van der Waals surface area contributed by atoms with E-state index in [0.717, 1.165) is 5.56 Å². The highest BCUT2D eigenvalue weighted by Gasteiger charge is 2.10. The SMILES string of the molecule is N/C(=N\OC(=O)c1cccc(COc2ccc([N+](=O)[O-])cc2)c1)c1cccs1. The van der Waals surface area contributed by atoms with Crippen LogP contribution in [0.15, 0.2) is 71.2 Å². The summed E-state index contributed by atoms with van der Waals surface area (Å²) in [6.45, 7) is 0.180. The van der Waals surface area contributed by atoms with Gasteiger partial charge in [0.05, 0.1) is 15.4 Å². The van der Waals surface area contributed by atoms with Gasteiger partial charge in [-0.05, 0) is 41.3 Å². The predicted octanol–water partition coefficient (Wildman–Crippen LogP) is 3.71. The van der Waals surface area contributed by atoms with Crippen LogP contribution in [0.25, 0.3) is 0 Å². The van der Waals surface area contributed by atoms with Crippen molar-refractivity contribution >= 4 is 28.8 Å². The lowest BCUT2D eigenvalue weighted by atomic mass is 10.1. The number of nitrogens with zero attached hydrogens (tertiary/aromatic N) is 2. The molecule has 0 saturated carbocycles. The molecule has 3 rings (SSSR count). The number of carbonyl (C=O) groups is 1. The number of thiophene rings is 1. The zero-order chi connectivity index (χ0) is 19.9. The monoisotopic (exact) mass is 397 g/mol. The zero-order valence-electron chi connectivity index (χ0n) is 14.5. The Kier molecular flexibility index (Phi) is 5.97. The minimum atomic E-state index is -0.642. The molecule has 0 saturated heterocycles. The molecule has 0 radical (unpaired) electrons. The molecule has 28 heavy (non-hydrogen) atoms. The molecule has 9 heteroatoms. The van der Waals surface area contributed by atoms with E-state index in [9.17, 15) is 14.9 Å². The second kappa shape index (κ2) is 8.78. The van der Waals surface area contributed by atoms with Crippen molar-refractivity contribution in [2.24, 2.45) is 10.9 Å². The van der Waals surface area contributed by atoms with Crippen molar-refractivity contribution in [2.45, 2.75) is 6.61 Å². The first-order valence-corrected chi connectivity index (χ1v) is 8.96. The maximum Gasteiger partial charge on any atom is 0.365 e. The Morgan fingerprint density at radius 1 is 1.14 bits per heavy atom. The molecule has 142 valence electrons. The molecule has 0 aliphatic heterocycles. The summed E-state index contributed by atoms with van der Waals surface area (Å²) in [7, 11) is 0. The molecule has 0 fully saturated rings. The van der Waals surface area contributed by atoms with Crippen molar-refractivity contribution in [3.8, 4) is 5.75 Å². The lowest BCUT2D eigenvalue weighted by Crippen LogP contribution is -2.13. The van der Waals surface area contributed by atoms with E-state index < -0.39 is 10.9 Å². The number of nitro benzene ring substituents is 1. The van der Waals surface area contributed by atoms with E-state index in [0.29, 0.717) is 16.2 Å². The van der Waals surface area contributed by atoms with Crippen LogP contribution in [0.2, 0.25) is 0 Å². The van der Waals surface area contributed by atoms with Gasteiger partial charge in [0.25, 0.3) is 5.69 Å². The van der Waals surface area contributed by atoms with E-state index in [1.54, 1.807) is 30.3 Å². The van der Waals surface area contributed by atoms with E-state index in [1.807, 2.05) is 11.4 Å². The number of nitrogens with two attached hydrogens (primary N) is 1. The maximum atomic E-state index is 12.2. The van der Waals surface area contributed by atoms with Gasteiger partial charge in [-0.3, -0.25) is 10.1 Å². The van der Waals surface area contributed by atoms with E-state index >= 15 is 0 Å². The quantitative estimate of drug-likeness (QED) is 0.213. The second-order valence-corrected chi connectivity index (χ2v) is 6.52. The average molecular weight is 397 g/mol. The van der Waals surface area contributed by atoms with Crippen LogP contribution in [0.4, 0.5) is 5.69 Å². The summed E-state index contributed by atoms with van der Waals surface area (Å²) in [6, 6.07) is 16.0. The topological polar surface area (TPSA) is 117 Å². The predicted molar refractivity (Wildman–Crippen MR) is 104 cm³/mol. The van der Waals surface area contributed by atoms with Crippen molar-refractivity contribution in [3.05, 3.63) is 92.2 Å². The number of ether oxygens (including phenoxy) is 1. The molecule has 1 aromatic heterocycles. The van der Waals surface area contributed by atoms with Gasteiger partial charge in [-0.25, -0.2) is 4.79 Å². The van der Waals surface area contributed by atoms with Gasteiger partial charge >= 0.3 is 5.97 Å². The van der Waals surface area contributed by atoms with Gasteiger partial charge < -0.3 is 15.3 Å². The molecular formula is C19H15N3O5S. The van der Waals surface area contributed by atoms with Crippen LogP contribution in [0.3, 0.4) is 0 Å². The molecule has 0 aliphatic rings. The van der Waals surface area contributed by atoms with E-state index in [-0.39, 0.29) is 18.1 Å². The molecule has 0 amide bonds. The van der Waals surface area contributed by atoms with Crippen LogP contribution < -0.4 is 10.5 Å². The number of carbonyl (C=O) groups excluding carboxylic acids is 1. The van der Waals surface area contributed by atoms with Crippen molar-refractivity contribution < 1.29 is 19.3 Å². The van der Waals surface area contributed by atoms with Crippen LogP contribution in [-0.4, -0.2) is 16.7 Å². The zero-order valence-corrected chi connectivity index (χ0v) is 15.3. The molecule has 8 nitrogen and oxygen atoms in total. The van der Waals surface area contributed by atoms with Crippen LogP contribution >= 0.6 is 11.3 Å². The molecule has 2 aromatic carbocycles. The highest BCUT2D eigenvalue weighted by atomic mass is 32.1. The van der Waals surface area contributed by atoms with Gasteiger partial charge in [-0.15, -0.1) is 11.3 Å². The number of hydrogen-bond acceptors (Lipinski definition) is 7. The molecule has 0 aliphatic carbocycles. The highest BCUT2D eigenvalue weighted by Crippen LogP contribution is 2.19. The number of benzene rings is 2. The third kappa shape index (κ3) is 4.92. The fourth-order valence-corrected chi connectivity index (χ4v) is 2.85. The molecular weight excluding hydrogens is 382 g/mol. The van der Waals surface area contributed by atoms with E-state index in [2.05, 4.69) is 5.16 Å². The fraction of sp³-hybridized carbons (Fsp3) is 0.0526. The second-order valence-electron chi connectivity index (χ2n) is 5.57. The Hall–Kier alpha value is -3.72. The first kappa shape index (κ1) is 19.1. The molecule has 0 spiro atoms. The lowest BCUT2D eigenvalue weighted by Gasteiger charge is -2.07. The highest BCUT2D eigenvalue weighted by molar-refractivity contribution is 7.12. The van der Waals surface area contributed by atoms with Crippen molar-refractivity contribution in [1.82, 2.24) is 0 Å². The Morgan fingerprint density at radius 2 is 1.93 bits per heavy atom. The van der Waals surface area contributed by atoms with Gasteiger partial charge in [0.15, 0.2) is 5.84 Å². The Labute approximate surface area is 164 Å². The fourth-order valence-electron chi connectivity index (χ4n) is 2.23. The van der Waals surface area contributed by atoms with E-state index in [4.69, 9.17) is 15.3 Å². The summed E-state index contributed by atoms with van der Waals surface area (Å²) >= 11 is 1.39. The largest absolute Gasteiger partial charge is 0.489 e. The number of rotatable bonds is 7. The first-order chi connectivity index (χ1) is 13.5. The van der Waals surface area contributed by atoms with Crippen LogP contribution in [0.5, 0.6) is 5.75 Å². The first-order valence-electron chi connectivity index (χ1n) is 8.08. The smallest absolute Gasteiger partial charge is 0.365 e. The third-order valence-corrected chi connectivity index (χ3v) is 4.51. The lowest BCUT2D eigenvalue weighted by molar-refractivity contribution is -0.384. The van der Waals surface area contributed by atoms with Crippen molar-refractivity contribution in [1.29, 1.82) is 0 Å². The van der Waals surface area contributed by atoms with Gasteiger partial charge in [0.1, 0.15) is 12.4 Å². The molecule has 0 unspecified atom stereocenters. The molecule has 0 bridgehead atoms. The summed E-state index contributed by atoms with van der Waals surface area (Å²) in [4.78, 5) is 27.9. The summed E-state index contributed by atoms with van der Waals surface area (Å²) in [5, 5.41) is 16.2. The Balaban J connectivity index is 1.60. The third-order valence-electron chi connectivity index (χ3n) is 3.62. The van der Waals surface area contributed by atoms with Gasteiger partial charge in [0.2, 0.25) is 0 Å². The average Bonchev–Trinajstić information content (AvgIpc) is 3.26. The van der Waals surface area contributed by atoms with Crippen LogP contribution in [0, 0.1) is 10.1 Å². The Bertz CT molecular complexity index is 1000. The number of hydrogen-bond donors (Lipinski definition) is 1. The molecule has 1 heterocycles. The number of oxime groups is 1. The summed E-state index contributed by atoms with van der Waals surface area (Å²) in [5.74, 6) is -0.0374. The molecule has 3 aromatic rings. The summed E-state index contributed by atoms with van der Waals surface area (Å²) in [5.41, 5.74) is 6.77. The minimum Gasteiger partial charge on any atom is -0.489 e. The molecule has 0 atom stereocenters. The Morgan fingerprint density at radius 3 is 2.61 bits per heavy atom. The van der Waals surface area contributed by atoms with Crippen molar-refractivity contribution in [3.63, 3.8) is 0 Å². The van der Waals surface area contributed by atoms with E-state index in [1.165, 1.54) is 35.6 Å². The number of amidine groups is 1. The van der Waals surface area contributed by atoms with Crippen molar-refractivity contribution in [2.75, 3.05) is 0 Å².